The second-order valence-corrected chi connectivity index (χ2v) is 9.75. The number of rotatable bonds is 6. The van der Waals surface area contributed by atoms with Crippen molar-refractivity contribution in [2.75, 3.05) is 32.0 Å². The van der Waals surface area contributed by atoms with E-state index in [4.69, 9.17) is 0 Å². The van der Waals surface area contributed by atoms with Crippen molar-refractivity contribution in [1.82, 2.24) is 9.21 Å². The van der Waals surface area contributed by atoms with Crippen LogP contribution in [0.25, 0.3) is 0 Å². The van der Waals surface area contributed by atoms with Crippen LogP contribution in [-0.2, 0) is 25.8 Å². The number of alkyl halides is 3. The van der Waals surface area contributed by atoms with Crippen molar-refractivity contribution in [3.05, 3.63) is 60.2 Å². The van der Waals surface area contributed by atoms with Crippen LogP contribution >= 0.6 is 0 Å². The number of para-hydroxylation sites is 1. The van der Waals surface area contributed by atoms with E-state index in [1.54, 1.807) is 24.3 Å². The number of likely N-dealkylation sites (N-methyl/N-ethyl adjacent to an activating group) is 1. The van der Waals surface area contributed by atoms with Gasteiger partial charge in [-0.2, -0.15) is 17.5 Å². The number of nitrogens with one attached hydrogen (secondary N) is 1. The first-order valence-electron chi connectivity index (χ1n) is 10.3. The molecule has 178 valence electrons. The van der Waals surface area contributed by atoms with E-state index in [1.165, 1.54) is 11.9 Å². The highest BCUT2D eigenvalue weighted by Crippen LogP contribution is 2.32. The van der Waals surface area contributed by atoms with Gasteiger partial charge in [-0.25, -0.2) is 8.42 Å². The second kappa shape index (κ2) is 9.92. The summed E-state index contributed by atoms with van der Waals surface area (Å²) in [5, 5.41) is 2.69. The lowest BCUT2D eigenvalue weighted by molar-refractivity contribution is -0.138. The molecular formula is C22H24F3N3O4S. The fourth-order valence-electron chi connectivity index (χ4n) is 3.65. The van der Waals surface area contributed by atoms with Gasteiger partial charge in [0.05, 0.1) is 17.0 Å². The minimum atomic E-state index is -4.65. The molecule has 11 heteroatoms. The Morgan fingerprint density at radius 1 is 1.06 bits per heavy atom. The summed E-state index contributed by atoms with van der Waals surface area (Å²) in [6, 6.07) is 12.4. The van der Waals surface area contributed by atoms with E-state index >= 15 is 0 Å². The van der Waals surface area contributed by atoms with Crippen LogP contribution in [0.1, 0.15) is 18.4 Å². The van der Waals surface area contributed by atoms with Gasteiger partial charge < -0.3 is 10.2 Å². The molecular weight excluding hydrogens is 459 g/mol. The molecule has 0 spiro atoms. The monoisotopic (exact) mass is 483 g/mol. The number of carbonyl (C=O) groups excluding carboxylic acids is 2. The van der Waals surface area contributed by atoms with Crippen LogP contribution in [0.5, 0.6) is 0 Å². The molecule has 2 aromatic rings. The number of sulfonamides is 1. The van der Waals surface area contributed by atoms with Crippen molar-refractivity contribution in [1.29, 1.82) is 0 Å². The highest BCUT2D eigenvalue weighted by molar-refractivity contribution is 7.89. The summed E-state index contributed by atoms with van der Waals surface area (Å²) >= 11 is 0. The molecule has 2 aromatic carbocycles. The Morgan fingerprint density at radius 2 is 1.70 bits per heavy atom. The van der Waals surface area contributed by atoms with E-state index in [0.717, 1.165) is 22.5 Å². The van der Waals surface area contributed by atoms with Crippen molar-refractivity contribution in [2.24, 2.45) is 5.92 Å². The summed E-state index contributed by atoms with van der Waals surface area (Å²) in [4.78, 5) is 25.8. The lowest BCUT2D eigenvalue weighted by Gasteiger charge is -2.32. The van der Waals surface area contributed by atoms with E-state index in [2.05, 4.69) is 5.32 Å². The lowest BCUT2D eigenvalue weighted by atomic mass is 9.96. The van der Waals surface area contributed by atoms with Crippen molar-refractivity contribution in [3.63, 3.8) is 0 Å². The maximum Gasteiger partial charge on any atom is 0.416 e. The highest BCUT2D eigenvalue weighted by atomic mass is 32.2. The molecule has 1 saturated heterocycles. The van der Waals surface area contributed by atoms with Gasteiger partial charge >= 0.3 is 6.18 Å². The van der Waals surface area contributed by atoms with Gasteiger partial charge in [-0.05, 0) is 43.2 Å². The first kappa shape index (κ1) is 24.7. The predicted octanol–water partition coefficient (Wildman–Crippen LogP) is 3.20. The number of piperidine rings is 1. The van der Waals surface area contributed by atoms with Crippen molar-refractivity contribution < 1.29 is 31.2 Å². The first-order valence-corrected chi connectivity index (χ1v) is 11.7. The number of halogens is 3. The zero-order valence-corrected chi connectivity index (χ0v) is 18.7. The number of amides is 2. The molecule has 0 saturated carbocycles. The number of hydrogen-bond acceptors (Lipinski definition) is 4. The number of benzene rings is 2. The van der Waals surface area contributed by atoms with Crippen LogP contribution in [0, 0.1) is 5.92 Å². The van der Waals surface area contributed by atoms with E-state index < -0.39 is 32.6 Å². The lowest BCUT2D eigenvalue weighted by Crippen LogP contribution is -2.45. The van der Waals surface area contributed by atoms with E-state index in [9.17, 15) is 31.2 Å². The molecule has 0 radical (unpaired) electrons. The molecule has 0 atom stereocenters. The fourth-order valence-corrected chi connectivity index (χ4v) is 5.17. The Labute approximate surface area is 190 Å². The van der Waals surface area contributed by atoms with Crippen molar-refractivity contribution >= 4 is 27.5 Å². The smallest absolute Gasteiger partial charge is 0.336 e. The third kappa shape index (κ3) is 6.11. The van der Waals surface area contributed by atoms with Crippen LogP contribution in [0.3, 0.4) is 0 Å². The molecule has 0 aromatic heterocycles. The molecule has 3 rings (SSSR count). The summed E-state index contributed by atoms with van der Waals surface area (Å²) in [7, 11) is -2.62. The van der Waals surface area contributed by atoms with Gasteiger partial charge in [0.15, 0.2) is 0 Å². The average molecular weight is 484 g/mol. The quantitative estimate of drug-likeness (QED) is 0.684. The third-order valence-corrected chi connectivity index (χ3v) is 7.31. The molecule has 1 aliphatic rings. The molecule has 1 heterocycles. The maximum atomic E-state index is 12.9. The van der Waals surface area contributed by atoms with Gasteiger partial charge in [-0.3, -0.25) is 9.59 Å². The SMILES string of the molecule is CN(CC(=O)Nc1ccccc1)C(=O)C1CCN(S(=O)(=O)c2cccc(C(F)(F)F)c2)CC1. The number of carbonyl (C=O) groups is 2. The summed E-state index contributed by atoms with van der Waals surface area (Å²) in [6.45, 7) is -0.158. The van der Waals surface area contributed by atoms with Crippen LogP contribution in [0.2, 0.25) is 0 Å². The topological polar surface area (TPSA) is 86.8 Å². The standard InChI is InChI=1S/C22H24F3N3O4S/c1-27(15-20(29)26-18-7-3-2-4-8-18)21(30)16-10-12-28(13-11-16)33(31,32)19-9-5-6-17(14-19)22(23,24)25/h2-9,14,16H,10-13,15H2,1H3,(H,26,29). The van der Waals surface area contributed by atoms with Gasteiger partial charge in [0.1, 0.15) is 0 Å². The third-order valence-electron chi connectivity index (χ3n) is 5.42. The molecule has 2 amide bonds. The number of hydrogen-bond donors (Lipinski definition) is 1. The average Bonchev–Trinajstić information content (AvgIpc) is 2.78. The summed E-state index contributed by atoms with van der Waals surface area (Å²) in [5.74, 6) is -1.12. The normalized spacial score (nSPS) is 15.8. The number of nitrogens with zero attached hydrogens (tertiary/aromatic N) is 2. The summed E-state index contributed by atoms with van der Waals surface area (Å²) in [6.07, 6.45) is -4.23. The van der Waals surface area contributed by atoms with E-state index in [1.807, 2.05) is 6.07 Å². The van der Waals surface area contributed by atoms with Gasteiger partial charge in [0, 0.05) is 31.7 Å². The van der Waals surface area contributed by atoms with E-state index in [0.29, 0.717) is 11.8 Å². The largest absolute Gasteiger partial charge is 0.416 e. The Balaban J connectivity index is 1.57. The minimum Gasteiger partial charge on any atom is -0.336 e. The molecule has 1 N–H and O–H groups in total. The summed E-state index contributed by atoms with van der Waals surface area (Å²) < 4.78 is 65.5. The summed E-state index contributed by atoms with van der Waals surface area (Å²) in [5.41, 5.74) is -0.430. The molecule has 1 aliphatic heterocycles. The van der Waals surface area contributed by atoms with Crippen LogP contribution in [-0.4, -0.2) is 56.1 Å². The van der Waals surface area contributed by atoms with Crippen LogP contribution in [0.15, 0.2) is 59.5 Å². The molecule has 33 heavy (non-hydrogen) atoms. The highest BCUT2D eigenvalue weighted by Gasteiger charge is 2.36. The molecule has 7 nitrogen and oxygen atoms in total. The van der Waals surface area contributed by atoms with Gasteiger partial charge in [-0.15, -0.1) is 0 Å². The van der Waals surface area contributed by atoms with Gasteiger partial charge in [-0.1, -0.05) is 24.3 Å². The van der Waals surface area contributed by atoms with Crippen molar-refractivity contribution in [2.45, 2.75) is 23.9 Å². The first-order chi connectivity index (χ1) is 15.5. The maximum absolute atomic E-state index is 12.9. The van der Waals surface area contributed by atoms with Gasteiger partial charge in [0.25, 0.3) is 0 Å². The Kier molecular flexibility index (Phi) is 7.43. The Morgan fingerprint density at radius 3 is 2.30 bits per heavy atom. The molecule has 0 unspecified atom stereocenters. The predicted molar refractivity (Wildman–Crippen MR) is 116 cm³/mol. The van der Waals surface area contributed by atoms with Gasteiger partial charge in [0.2, 0.25) is 21.8 Å². The number of anilines is 1. The van der Waals surface area contributed by atoms with Crippen LogP contribution < -0.4 is 5.32 Å². The zero-order chi connectivity index (χ0) is 24.2. The Hall–Kier alpha value is -2.92. The fraction of sp³-hybridized carbons (Fsp3) is 0.364. The zero-order valence-electron chi connectivity index (χ0n) is 17.9. The van der Waals surface area contributed by atoms with E-state index in [-0.39, 0.29) is 44.3 Å². The van der Waals surface area contributed by atoms with Crippen LogP contribution in [0.4, 0.5) is 18.9 Å². The molecule has 1 fully saturated rings. The van der Waals surface area contributed by atoms with Crippen molar-refractivity contribution in [3.8, 4) is 0 Å². The minimum absolute atomic E-state index is 0.000955. The second-order valence-electron chi connectivity index (χ2n) is 7.81. The molecule has 0 aliphatic carbocycles. The Bertz CT molecular complexity index is 1100. The molecule has 0 bridgehead atoms.